The number of hydrogen-bond donors (Lipinski definition) is 0. The van der Waals surface area contributed by atoms with Gasteiger partial charge in [-0.3, -0.25) is 4.79 Å². The van der Waals surface area contributed by atoms with Crippen LogP contribution < -0.4 is 0 Å². The first-order valence-electron chi connectivity index (χ1n) is 8.03. The number of amides is 1. The van der Waals surface area contributed by atoms with Gasteiger partial charge in [-0.2, -0.15) is 0 Å². The van der Waals surface area contributed by atoms with Crippen LogP contribution in [0.5, 0.6) is 0 Å². The average molecular weight is 327 g/mol. The molecule has 1 aliphatic carbocycles. The fourth-order valence-electron chi connectivity index (χ4n) is 2.65. The Morgan fingerprint density at radius 1 is 1.12 bits per heavy atom. The highest BCUT2D eigenvalue weighted by atomic mass is 19.1. The van der Waals surface area contributed by atoms with Gasteiger partial charge in [-0.05, 0) is 49.1 Å². The lowest BCUT2D eigenvalue weighted by molar-refractivity contribution is -0.127. The van der Waals surface area contributed by atoms with Crippen molar-refractivity contribution in [2.24, 2.45) is 0 Å². The van der Waals surface area contributed by atoms with Gasteiger partial charge in [-0.15, -0.1) is 0 Å². The Hall–Kier alpha value is -2.49. The molecule has 2 aromatic rings. The average Bonchev–Trinajstić information content (AvgIpc) is 3.39. The SMILES string of the molecule is C/C(=C/C(=O)N(Cc1ccccc1F)C1CC1)c1ccc(F)cc1. The third-order valence-corrected chi connectivity index (χ3v) is 4.21. The minimum absolute atomic E-state index is 0.137. The van der Waals surface area contributed by atoms with E-state index in [9.17, 15) is 13.6 Å². The summed E-state index contributed by atoms with van der Waals surface area (Å²) in [4.78, 5) is 14.4. The largest absolute Gasteiger partial charge is 0.332 e. The van der Waals surface area contributed by atoms with Gasteiger partial charge < -0.3 is 4.90 Å². The summed E-state index contributed by atoms with van der Waals surface area (Å²) in [5, 5.41) is 0. The summed E-state index contributed by atoms with van der Waals surface area (Å²) in [5.41, 5.74) is 2.08. The van der Waals surface area contributed by atoms with Crippen LogP contribution in [-0.2, 0) is 11.3 Å². The molecule has 4 heteroatoms. The molecule has 0 radical (unpaired) electrons. The Balaban J connectivity index is 1.78. The topological polar surface area (TPSA) is 20.3 Å². The molecule has 3 rings (SSSR count). The first-order valence-corrected chi connectivity index (χ1v) is 8.03. The van der Waals surface area contributed by atoms with E-state index in [0.717, 1.165) is 24.0 Å². The van der Waals surface area contributed by atoms with Crippen LogP contribution in [0.25, 0.3) is 5.57 Å². The van der Waals surface area contributed by atoms with Gasteiger partial charge in [0, 0.05) is 24.2 Å². The van der Waals surface area contributed by atoms with Crippen LogP contribution in [-0.4, -0.2) is 16.8 Å². The Kier molecular flexibility index (Phi) is 4.74. The van der Waals surface area contributed by atoms with Crippen molar-refractivity contribution in [3.8, 4) is 0 Å². The molecule has 0 heterocycles. The second-order valence-corrected chi connectivity index (χ2v) is 6.12. The molecule has 0 aromatic heterocycles. The first kappa shape index (κ1) is 16.4. The van der Waals surface area contributed by atoms with Crippen LogP contribution in [0.4, 0.5) is 8.78 Å². The quantitative estimate of drug-likeness (QED) is 0.737. The van der Waals surface area contributed by atoms with Crippen LogP contribution in [0.3, 0.4) is 0 Å². The number of benzene rings is 2. The molecule has 1 saturated carbocycles. The Bertz CT molecular complexity index is 763. The first-order chi connectivity index (χ1) is 11.5. The molecule has 0 saturated heterocycles. The Morgan fingerprint density at radius 2 is 1.79 bits per heavy atom. The van der Waals surface area contributed by atoms with Gasteiger partial charge in [-0.25, -0.2) is 8.78 Å². The maximum atomic E-state index is 13.9. The molecule has 1 amide bonds. The van der Waals surface area contributed by atoms with Crippen molar-refractivity contribution in [3.63, 3.8) is 0 Å². The molecule has 0 bridgehead atoms. The fourth-order valence-corrected chi connectivity index (χ4v) is 2.65. The van der Waals surface area contributed by atoms with Crippen molar-refractivity contribution in [2.45, 2.75) is 32.4 Å². The predicted octanol–water partition coefficient (Wildman–Crippen LogP) is 4.56. The molecule has 1 aliphatic rings. The summed E-state index contributed by atoms with van der Waals surface area (Å²) >= 11 is 0. The van der Waals surface area contributed by atoms with E-state index in [1.165, 1.54) is 18.2 Å². The standard InChI is InChI=1S/C20H19F2NO/c1-14(15-6-8-17(21)9-7-15)12-20(24)23(18-10-11-18)13-16-4-2-3-5-19(16)22/h2-9,12,18H,10-11,13H2,1H3/b14-12-. The maximum absolute atomic E-state index is 13.9. The van der Waals surface area contributed by atoms with E-state index in [1.807, 2.05) is 6.92 Å². The Labute approximate surface area is 140 Å². The van der Waals surface area contributed by atoms with E-state index in [0.29, 0.717) is 5.56 Å². The smallest absolute Gasteiger partial charge is 0.247 e. The van der Waals surface area contributed by atoms with Gasteiger partial charge in [0.1, 0.15) is 11.6 Å². The molecular formula is C20H19F2NO. The molecule has 2 aromatic carbocycles. The number of halogens is 2. The number of hydrogen-bond acceptors (Lipinski definition) is 1. The molecule has 24 heavy (non-hydrogen) atoms. The zero-order valence-corrected chi connectivity index (χ0v) is 13.5. The summed E-state index contributed by atoms with van der Waals surface area (Å²) in [6.07, 6.45) is 3.44. The van der Waals surface area contributed by atoms with Crippen molar-refractivity contribution in [1.29, 1.82) is 0 Å². The van der Waals surface area contributed by atoms with Gasteiger partial charge in [0.25, 0.3) is 0 Å². The lowest BCUT2D eigenvalue weighted by Gasteiger charge is -2.21. The summed E-state index contributed by atoms with van der Waals surface area (Å²) in [6.45, 7) is 2.09. The van der Waals surface area contributed by atoms with Crippen molar-refractivity contribution < 1.29 is 13.6 Å². The molecule has 0 aliphatic heterocycles. The molecule has 0 unspecified atom stereocenters. The van der Waals surface area contributed by atoms with Crippen molar-refractivity contribution in [3.05, 3.63) is 77.4 Å². The highest BCUT2D eigenvalue weighted by Crippen LogP contribution is 2.29. The van der Waals surface area contributed by atoms with Crippen LogP contribution in [0.2, 0.25) is 0 Å². The van der Waals surface area contributed by atoms with Gasteiger partial charge in [0.05, 0.1) is 0 Å². The molecular weight excluding hydrogens is 308 g/mol. The van der Waals surface area contributed by atoms with E-state index >= 15 is 0 Å². The molecule has 1 fully saturated rings. The van der Waals surface area contributed by atoms with Gasteiger partial charge in [-0.1, -0.05) is 30.3 Å². The number of carbonyl (C=O) groups is 1. The van der Waals surface area contributed by atoms with Gasteiger partial charge >= 0.3 is 0 Å². The highest BCUT2D eigenvalue weighted by Gasteiger charge is 2.32. The number of allylic oxidation sites excluding steroid dienone is 1. The molecule has 124 valence electrons. The summed E-state index contributed by atoms with van der Waals surface area (Å²) in [7, 11) is 0. The molecule has 0 spiro atoms. The maximum Gasteiger partial charge on any atom is 0.247 e. The lowest BCUT2D eigenvalue weighted by Crippen LogP contribution is -2.31. The van der Waals surface area contributed by atoms with Crippen molar-refractivity contribution in [1.82, 2.24) is 4.90 Å². The monoisotopic (exact) mass is 327 g/mol. The summed E-state index contributed by atoms with van der Waals surface area (Å²) in [6, 6.07) is 12.7. The second-order valence-electron chi connectivity index (χ2n) is 6.12. The van der Waals surface area contributed by atoms with Crippen LogP contribution in [0.15, 0.2) is 54.6 Å². The number of carbonyl (C=O) groups excluding carboxylic acids is 1. The lowest BCUT2D eigenvalue weighted by atomic mass is 10.1. The van der Waals surface area contributed by atoms with E-state index in [2.05, 4.69) is 0 Å². The zero-order chi connectivity index (χ0) is 17.1. The summed E-state index contributed by atoms with van der Waals surface area (Å²) in [5.74, 6) is -0.741. The zero-order valence-electron chi connectivity index (χ0n) is 13.5. The number of rotatable bonds is 5. The van der Waals surface area contributed by atoms with Crippen molar-refractivity contribution >= 4 is 11.5 Å². The Morgan fingerprint density at radius 3 is 2.42 bits per heavy atom. The number of nitrogens with zero attached hydrogens (tertiary/aromatic N) is 1. The molecule has 0 atom stereocenters. The van der Waals surface area contributed by atoms with Crippen LogP contribution in [0, 0.1) is 11.6 Å². The van der Waals surface area contributed by atoms with Crippen LogP contribution >= 0.6 is 0 Å². The third kappa shape index (κ3) is 3.88. The van der Waals surface area contributed by atoms with Crippen LogP contribution in [0.1, 0.15) is 30.9 Å². The van der Waals surface area contributed by atoms with Gasteiger partial charge in [0.2, 0.25) is 5.91 Å². The van der Waals surface area contributed by atoms with Gasteiger partial charge in [0.15, 0.2) is 0 Å². The van der Waals surface area contributed by atoms with Crippen molar-refractivity contribution in [2.75, 3.05) is 0 Å². The second kappa shape index (κ2) is 6.95. The van der Waals surface area contributed by atoms with E-state index < -0.39 is 0 Å². The van der Waals surface area contributed by atoms with E-state index in [4.69, 9.17) is 0 Å². The predicted molar refractivity (Wildman–Crippen MR) is 90.0 cm³/mol. The fraction of sp³-hybridized carbons (Fsp3) is 0.250. The normalized spacial score (nSPS) is 14.5. The summed E-state index contributed by atoms with van der Waals surface area (Å²) < 4.78 is 26.9. The third-order valence-electron chi connectivity index (χ3n) is 4.21. The van der Waals surface area contributed by atoms with E-state index in [1.54, 1.807) is 41.3 Å². The minimum Gasteiger partial charge on any atom is -0.332 e. The molecule has 2 nitrogen and oxygen atoms in total. The highest BCUT2D eigenvalue weighted by molar-refractivity contribution is 5.95. The van der Waals surface area contributed by atoms with E-state index in [-0.39, 0.29) is 30.1 Å². The minimum atomic E-state index is -0.308. The molecule has 0 N–H and O–H groups in total.